The number of hydrogen-bond acceptors (Lipinski definition) is 5. The minimum absolute atomic E-state index is 0.0218. The van der Waals surface area contributed by atoms with Gasteiger partial charge in [0.1, 0.15) is 21.6 Å². The molecule has 8 heteroatoms. The zero-order valence-electron chi connectivity index (χ0n) is 12.8. The maximum Gasteiger partial charge on any atom is 0.267 e. The number of aromatic nitrogens is 2. The van der Waals surface area contributed by atoms with Crippen LogP contribution in [0.15, 0.2) is 64.4 Å². The van der Waals surface area contributed by atoms with Gasteiger partial charge in [-0.25, -0.2) is 22.7 Å². The van der Waals surface area contributed by atoms with E-state index in [9.17, 15) is 8.42 Å². The highest BCUT2D eigenvalue weighted by molar-refractivity contribution is 7.92. The average Bonchev–Trinajstić information content (AvgIpc) is 3.09. The summed E-state index contributed by atoms with van der Waals surface area (Å²) in [7, 11) is -3.88. The van der Waals surface area contributed by atoms with Crippen molar-refractivity contribution in [2.45, 2.75) is 18.4 Å². The lowest BCUT2D eigenvalue weighted by atomic mass is 10.3. The summed E-state index contributed by atoms with van der Waals surface area (Å²) in [5, 5.41) is 0.268. The van der Waals surface area contributed by atoms with Gasteiger partial charge in [0.2, 0.25) is 0 Å². The van der Waals surface area contributed by atoms with Gasteiger partial charge in [0.15, 0.2) is 0 Å². The maximum absolute atomic E-state index is 13.1. The van der Waals surface area contributed by atoms with Gasteiger partial charge in [0.05, 0.1) is 12.8 Å². The number of furan rings is 1. The van der Waals surface area contributed by atoms with Crippen molar-refractivity contribution in [1.82, 2.24) is 9.97 Å². The highest BCUT2D eigenvalue weighted by Gasteiger charge is 2.27. The fourth-order valence-corrected chi connectivity index (χ4v) is 3.66. The van der Waals surface area contributed by atoms with Crippen LogP contribution in [-0.2, 0) is 16.6 Å². The molecule has 0 atom stereocenters. The molecular formula is C16H14ClN3O3S. The average molecular weight is 364 g/mol. The Morgan fingerprint density at radius 1 is 1.21 bits per heavy atom. The lowest BCUT2D eigenvalue weighted by molar-refractivity contribution is 0.508. The number of pyridine rings is 2. The Balaban J connectivity index is 2.08. The third-order valence-corrected chi connectivity index (χ3v) is 5.47. The second kappa shape index (κ2) is 6.62. The van der Waals surface area contributed by atoms with E-state index in [1.807, 2.05) is 0 Å². The van der Waals surface area contributed by atoms with Gasteiger partial charge in [-0.2, -0.15) is 0 Å². The molecule has 0 N–H and O–H groups in total. The molecule has 6 nitrogen and oxygen atoms in total. The van der Waals surface area contributed by atoms with Crippen molar-refractivity contribution < 1.29 is 12.8 Å². The zero-order chi connectivity index (χ0) is 17.2. The van der Waals surface area contributed by atoms with Crippen molar-refractivity contribution in [2.75, 3.05) is 4.31 Å². The molecule has 3 aromatic rings. The van der Waals surface area contributed by atoms with Gasteiger partial charge in [0, 0.05) is 12.4 Å². The number of hydrogen-bond donors (Lipinski definition) is 0. The fraction of sp³-hybridized carbons (Fsp3) is 0.125. The van der Waals surface area contributed by atoms with Gasteiger partial charge in [0.25, 0.3) is 10.0 Å². The fourth-order valence-electron chi connectivity index (χ4n) is 2.14. The van der Waals surface area contributed by atoms with Gasteiger partial charge in [-0.3, -0.25) is 0 Å². The topological polar surface area (TPSA) is 76.3 Å². The molecule has 0 aliphatic heterocycles. The Bertz CT molecular complexity index is 928. The largest absolute Gasteiger partial charge is 0.467 e. The van der Waals surface area contributed by atoms with Crippen molar-refractivity contribution in [3.05, 3.63) is 71.5 Å². The second-order valence-corrected chi connectivity index (χ2v) is 7.28. The molecule has 0 unspecified atom stereocenters. The first kappa shape index (κ1) is 16.5. The molecule has 124 valence electrons. The van der Waals surface area contributed by atoms with E-state index in [1.54, 1.807) is 37.3 Å². The standard InChI is InChI=1S/C16H14ClN3O3S/c1-12-9-14(10-19-16(12)17)24(21,22)20(11-13-5-4-8-23-13)15-6-2-3-7-18-15/h2-10H,11H2,1H3. The summed E-state index contributed by atoms with van der Waals surface area (Å²) in [5.74, 6) is 0.796. The van der Waals surface area contributed by atoms with E-state index in [0.717, 1.165) is 0 Å². The van der Waals surface area contributed by atoms with Gasteiger partial charge >= 0.3 is 0 Å². The number of aryl methyl sites for hydroxylation is 1. The second-order valence-electron chi connectivity index (χ2n) is 5.06. The molecular weight excluding hydrogens is 350 g/mol. The van der Waals surface area contributed by atoms with Crippen LogP contribution in [0, 0.1) is 6.92 Å². The predicted molar refractivity (Wildman–Crippen MR) is 90.3 cm³/mol. The smallest absolute Gasteiger partial charge is 0.267 e. The molecule has 3 heterocycles. The third kappa shape index (κ3) is 3.27. The van der Waals surface area contributed by atoms with Crippen LogP contribution in [0.3, 0.4) is 0 Å². The molecule has 0 spiro atoms. The van der Waals surface area contributed by atoms with Crippen molar-refractivity contribution in [3.63, 3.8) is 0 Å². The van der Waals surface area contributed by atoms with Crippen molar-refractivity contribution in [3.8, 4) is 0 Å². The first-order valence-corrected chi connectivity index (χ1v) is 8.88. The van der Waals surface area contributed by atoms with Crippen molar-refractivity contribution >= 4 is 27.4 Å². The van der Waals surface area contributed by atoms with E-state index in [1.165, 1.54) is 29.0 Å². The molecule has 3 aromatic heterocycles. The van der Waals surface area contributed by atoms with E-state index in [-0.39, 0.29) is 16.6 Å². The summed E-state index contributed by atoms with van der Waals surface area (Å²) in [4.78, 5) is 8.13. The van der Waals surface area contributed by atoms with Crippen molar-refractivity contribution in [1.29, 1.82) is 0 Å². The van der Waals surface area contributed by atoms with Gasteiger partial charge < -0.3 is 4.42 Å². The van der Waals surface area contributed by atoms with E-state index in [2.05, 4.69) is 9.97 Å². The van der Waals surface area contributed by atoms with Crippen LogP contribution in [0.25, 0.3) is 0 Å². The molecule has 0 amide bonds. The maximum atomic E-state index is 13.1. The lowest BCUT2D eigenvalue weighted by Crippen LogP contribution is -2.31. The Labute approximate surface area is 144 Å². The van der Waals surface area contributed by atoms with Crippen LogP contribution in [0.5, 0.6) is 0 Å². The summed E-state index contributed by atoms with van der Waals surface area (Å²) in [6, 6.07) is 9.95. The highest BCUT2D eigenvalue weighted by atomic mass is 35.5. The quantitative estimate of drug-likeness (QED) is 0.649. The monoisotopic (exact) mass is 363 g/mol. The first-order valence-electron chi connectivity index (χ1n) is 7.07. The molecule has 0 saturated carbocycles. The highest BCUT2D eigenvalue weighted by Crippen LogP contribution is 2.25. The van der Waals surface area contributed by atoms with Crippen LogP contribution < -0.4 is 4.31 Å². The summed E-state index contributed by atoms with van der Waals surface area (Å²) >= 11 is 5.90. The van der Waals surface area contributed by atoms with Crippen molar-refractivity contribution in [2.24, 2.45) is 0 Å². The first-order chi connectivity index (χ1) is 11.5. The Kier molecular flexibility index (Phi) is 4.55. The number of anilines is 1. The minimum atomic E-state index is -3.88. The molecule has 3 rings (SSSR count). The SMILES string of the molecule is Cc1cc(S(=O)(=O)N(Cc2ccco2)c2ccccn2)cnc1Cl. The summed E-state index contributed by atoms with van der Waals surface area (Å²) in [6.07, 6.45) is 4.26. The summed E-state index contributed by atoms with van der Waals surface area (Å²) < 4.78 is 32.6. The number of nitrogens with zero attached hydrogens (tertiary/aromatic N) is 3. The predicted octanol–water partition coefficient (Wildman–Crippen LogP) is 3.43. The Hall–Kier alpha value is -2.38. The molecule has 0 fully saturated rings. The van der Waals surface area contributed by atoms with E-state index < -0.39 is 10.0 Å². The Morgan fingerprint density at radius 3 is 2.67 bits per heavy atom. The summed E-state index contributed by atoms with van der Waals surface area (Å²) in [6.45, 7) is 1.72. The minimum Gasteiger partial charge on any atom is -0.467 e. The van der Waals surface area contributed by atoms with Crippen LogP contribution in [0.2, 0.25) is 5.15 Å². The number of sulfonamides is 1. The van der Waals surface area contributed by atoms with E-state index in [0.29, 0.717) is 17.1 Å². The van der Waals surface area contributed by atoms with Gasteiger partial charge in [-0.1, -0.05) is 17.7 Å². The molecule has 24 heavy (non-hydrogen) atoms. The van der Waals surface area contributed by atoms with E-state index >= 15 is 0 Å². The number of halogens is 1. The normalized spacial score (nSPS) is 11.4. The zero-order valence-corrected chi connectivity index (χ0v) is 14.3. The molecule has 0 saturated heterocycles. The molecule has 0 aliphatic carbocycles. The van der Waals surface area contributed by atoms with Crippen LogP contribution in [0.4, 0.5) is 5.82 Å². The van der Waals surface area contributed by atoms with Gasteiger partial charge in [-0.15, -0.1) is 0 Å². The molecule has 0 aliphatic rings. The third-order valence-electron chi connectivity index (χ3n) is 3.36. The van der Waals surface area contributed by atoms with Crippen LogP contribution >= 0.6 is 11.6 Å². The number of rotatable bonds is 5. The lowest BCUT2D eigenvalue weighted by Gasteiger charge is -2.22. The summed E-state index contributed by atoms with van der Waals surface area (Å²) in [5.41, 5.74) is 0.580. The molecule has 0 radical (unpaired) electrons. The van der Waals surface area contributed by atoms with Crippen LogP contribution in [0.1, 0.15) is 11.3 Å². The van der Waals surface area contributed by atoms with Crippen LogP contribution in [-0.4, -0.2) is 18.4 Å². The van der Waals surface area contributed by atoms with E-state index in [4.69, 9.17) is 16.0 Å². The van der Waals surface area contributed by atoms with Gasteiger partial charge in [-0.05, 0) is 42.8 Å². The Morgan fingerprint density at radius 2 is 2.04 bits per heavy atom. The molecule has 0 bridgehead atoms. The molecule has 0 aromatic carbocycles.